The van der Waals surface area contributed by atoms with E-state index in [-0.39, 0.29) is 0 Å². The standard InChI is InChI=1S/C51H34N2OS/c1-3-15-46-31(2)47-49(55-46)48(53-50(52-47)39-23-14-21-35-34(20-13-22-36(35)39)32-16-5-4-6-17-32)33-28-29-45-43(30-33)51(42-26-11-12-27-44(42)54-45)40-24-9-7-18-37(40)38-19-8-10-25-41(38)51/h3-30H,1-2H3/b15-3-. The number of aromatic nitrogens is 2. The zero-order valence-electron chi connectivity index (χ0n) is 30.4. The smallest absolute Gasteiger partial charge is 0.161 e. The first-order chi connectivity index (χ1) is 27.1. The van der Waals surface area contributed by atoms with E-state index in [0.717, 1.165) is 60.9 Å². The van der Waals surface area contributed by atoms with Crippen LogP contribution in [0.15, 0.2) is 164 Å². The fourth-order valence-electron chi connectivity index (χ4n) is 9.11. The second-order valence-corrected chi connectivity index (χ2v) is 15.4. The van der Waals surface area contributed by atoms with Crippen LogP contribution in [0.25, 0.3) is 72.0 Å². The van der Waals surface area contributed by atoms with Crippen molar-refractivity contribution in [3.63, 3.8) is 0 Å². The molecule has 0 N–H and O–H groups in total. The van der Waals surface area contributed by atoms with Gasteiger partial charge in [0.15, 0.2) is 5.82 Å². The highest BCUT2D eigenvalue weighted by Crippen LogP contribution is 2.62. The summed E-state index contributed by atoms with van der Waals surface area (Å²) < 4.78 is 7.86. The molecule has 3 heterocycles. The Morgan fingerprint density at radius 1 is 0.545 bits per heavy atom. The van der Waals surface area contributed by atoms with Crippen LogP contribution in [-0.4, -0.2) is 9.97 Å². The molecule has 0 fully saturated rings. The van der Waals surface area contributed by atoms with Crippen molar-refractivity contribution in [1.29, 1.82) is 0 Å². The summed E-state index contributed by atoms with van der Waals surface area (Å²) in [6.45, 7) is 4.25. The Bertz CT molecular complexity index is 3000. The summed E-state index contributed by atoms with van der Waals surface area (Å²) in [6, 6.07) is 56.6. The maximum absolute atomic E-state index is 6.78. The first kappa shape index (κ1) is 31.9. The molecule has 0 radical (unpaired) electrons. The first-order valence-electron chi connectivity index (χ1n) is 18.8. The molecule has 9 aromatic rings. The van der Waals surface area contributed by atoms with E-state index in [9.17, 15) is 0 Å². The number of nitrogens with zero attached hydrogens (tertiary/aromatic N) is 2. The third kappa shape index (κ3) is 4.55. The van der Waals surface area contributed by atoms with Crippen molar-refractivity contribution in [2.45, 2.75) is 19.3 Å². The summed E-state index contributed by atoms with van der Waals surface area (Å²) in [5.74, 6) is 2.47. The number of thiophene rings is 1. The van der Waals surface area contributed by atoms with Crippen LogP contribution in [0, 0.1) is 6.92 Å². The van der Waals surface area contributed by atoms with Crippen LogP contribution in [-0.2, 0) is 5.41 Å². The summed E-state index contributed by atoms with van der Waals surface area (Å²) in [6.07, 6.45) is 4.29. The van der Waals surface area contributed by atoms with Crippen LogP contribution in [0.1, 0.15) is 39.6 Å². The van der Waals surface area contributed by atoms with Gasteiger partial charge in [-0.05, 0) is 93.9 Å². The summed E-state index contributed by atoms with van der Waals surface area (Å²) in [4.78, 5) is 12.1. The maximum Gasteiger partial charge on any atom is 0.161 e. The molecule has 0 amide bonds. The molecule has 0 unspecified atom stereocenters. The summed E-state index contributed by atoms with van der Waals surface area (Å²) in [5, 5.41) is 2.31. The van der Waals surface area contributed by atoms with Crippen LogP contribution in [0.2, 0.25) is 0 Å². The van der Waals surface area contributed by atoms with Crippen molar-refractivity contribution in [3.8, 4) is 56.4 Å². The monoisotopic (exact) mass is 722 g/mol. The molecule has 55 heavy (non-hydrogen) atoms. The summed E-state index contributed by atoms with van der Waals surface area (Å²) in [5.41, 5.74) is 14.3. The van der Waals surface area contributed by atoms with Gasteiger partial charge in [0.2, 0.25) is 0 Å². The quantitative estimate of drug-likeness (QED) is 0.181. The van der Waals surface area contributed by atoms with Gasteiger partial charge in [-0.2, -0.15) is 0 Å². The minimum absolute atomic E-state index is 0.562. The molecule has 11 rings (SSSR count). The average molecular weight is 723 g/mol. The normalized spacial score (nSPS) is 13.5. The average Bonchev–Trinajstić information content (AvgIpc) is 3.72. The molecule has 0 bridgehead atoms. The Morgan fingerprint density at radius 3 is 1.91 bits per heavy atom. The van der Waals surface area contributed by atoms with Crippen LogP contribution >= 0.6 is 11.3 Å². The Morgan fingerprint density at radius 2 is 1.16 bits per heavy atom. The van der Waals surface area contributed by atoms with E-state index in [4.69, 9.17) is 14.7 Å². The number of rotatable bonds is 4. The van der Waals surface area contributed by atoms with Crippen molar-refractivity contribution in [1.82, 2.24) is 9.97 Å². The van der Waals surface area contributed by atoms with Crippen molar-refractivity contribution < 1.29 is 4.74 Å². The molecular weight excluding hydrogens is 689 g/mol. The predicted molar refractivity (Wildman–Crippen MR) is 228 cm³/mol. The van der Waals surface area contributed by atoms with Crippen LogP contribution in [0.4, 0.5) is 0 Å². The van der Waals surface area contributed by atoms with Gasteiger partial charge >= 0.3 is 0 Å². The number of benzene rings is 7. The van der Waals surface area contributed by atoms with Gasteiger partial charge in [-0.15, -0.1) is 11.3 Å². The molecule has 4 heteroatoms. The fourth-order valence-corrected chi connectivity index (χ4v) is 10.3. The molecule has 260 valence electrons. The van der Waals surface area contributed by atoms with Gasteiger partial charge in [-0.1, -0.05) is 140 Å². The second-order valence-electron chi connectivity index (χ2n) is 14.4. The summed E-state index contributed by atoms with van der Waals surface area (Å²) >= 11 is 1.76. The van der Waals surface area contributed by atoms with Gasteiger partial charge in [0.25, 0.3) is 0 Å². The number of para-hydroxylation sites is 1. The molecule has 0 saturated heterocycles. The zero-order chi connectivity index (χ0) is 36.7. The number of hydrogen-bond acceptors (Lipinski definition) is 4. The highest BCUT2D eigenvalue weighted by molar-refractivity contribution is 7.20. The Balaban J connectivity index is 1.19. The van der Waals surface area contributed by atoms with E-state index in [1.807, 2.05) is 0 Å². The molecule has 0 atom stereocenters. The van der Waals surface area contributed by atoms with Crippen molar-refractivity contribution in [3.05, 3.63) is 196 Å². The molecule has 3 nitrogen and oxygen atoms in total. The third-order valence-electron chi connectivity index (χ3n) is 11.5. The zero-order valence-corrected chi connectivity index (χ0v) is 31.2. The van der Waals surface area contributed by atoms with Gasteiger partial charge in [-0.25, -0.2) is 9.97 Å². The first-order valence-corrected chi connectivity index (χ1v) is 19.6. The van der Waals surface area contributed by atoms with Gasteiger partial charge in [0.1, 0.15) is 11.5 Å². The molecular formula is C51H34N2OS. The number of hydrogen-bond donors (Lipinski definition) is 0. The second kappa shape index (κ2) is 12.2. The largest absolute Gasteiger partial charge is 0.457 e. The van der Waals surface area contributed by atoms with E-state index in [0.29, 0.717) is 0 Å². The Labute approximate surface area is 323 Å². The van der Waals surface area contributed by atoms with Gasteiger partial charge in [0, 0.05) is 27.1 Å². The molecule has 7 aromatic carbocycles. The molecule has 2 aliphatic rings. The van der Waals surface area contributed by atoms with E-state index in [2.05, 4.69) is 184 Å². The third-order valence-corrected chi connectivity index (χ3v) is 12.7. The number of aryl methyl sites for hydroxylation is 1. The Hall–Kier alpha value is -6.62. The van der Waals surface area contributed by atoms with Gasteiger partial charge < -0.3 is 4.74 Å². The van der Waals surface area contributed by atoms with Crippen molar-refractivity contribution in [2.75, 3.05) is 0 Å². The number of allylic oxidation sites excluding steroid dienone is 1. The number of fused-ring (bicyclic) bond motifs is 11. The molecule has 2 aromatic heterocycles. The molecule has 1 spiro atoms. The van der Waals surface area contributed by atoms with E-state index >= 15 is 0 Å². The van der Waals surface area contributed by atoms with Crippen molar-refractivity contribution in [2.24, 2.45) is 0 Å². The highest BCUT2D eigenvalue weighted by Gasteiger charge is 2.51. The van der Waals surface area contributed by atoms with Crippen molar-refractivity contribution >= 4 is 38.4 Å². The predicted octanol–water partition coefficient (Wildman–Crippen LogP) is 13.7. The number of ether oxygens (including phenoxy) is 1. The fraction of sp³-hybridized carbons (Fsp3) is 0.0588. The van der Waals surface area contributed by atoms with Crippen LogP contribution in [0.5, 0.6) is 11.5 Å². The molecule has 0 saturated carbocycles. The minimum atomic E-state index is -0.562. The lowest BCUT2D eigenvalue weighted by atomic mass is 9.66. The Kier molecular flexibility index (Phi) is 7.07. The lowest BCUT2D eigenvalue weighted by Gasteiger charge is -2.39. The van der Waals surface area contributed by atoms with E-state index in [1.165, 1.54) is 49.2 Å². The van der Waals surface area contributed by atoms with Gasteiger partial charge in [0.05, 0.1) is 21.3 Å². The van der Waals surface area contributed by atoms with Gasteiger partial charge in [-0.3, -0.25) is 0 Å². The minimum Gasteiger partial charge on any atom is -0.457 e. The lowest BCUT2D eigenvalue weighted by Crippen LogP contribution is -2.32. The SMILES string of the molecule is C/C=C\c1sc2c(-c3ccc4c(c3)C3(c5ccccc5O4)c4ccccc4-c4ccccc43)nc(-c3cccc4c(-c5ccccc5)cccc34)nc2c1C. The van der Waals surface area contributed by atoms with E-state index < -0.39 is 5.41 Å². The lowest BCUT2D eigenvalue weighted by molar-refractivity contribution is 0.436. The topological polar surface area (TPSA) is 35.0 Å². The van der Waals surface area contributed by atoms with Crippen LogP contribution in [0.3, 0.4) is 0 Å². The summed E-state index contributed by atoms with van der Waals surface area (Å²) in [7, 11) is 0. The van der Waals surface area contributed by atoms with Crippen LogP contribution < -0.4 is 4.74 Å². The molecule has 1 aliphatic carbocycles. The maximum atomic E-state index is 6.78. The highest BCUT2D eigenvalue weighted by atomic mass is 32.1. The van der Waals surface area contributed by atoms with E-state index in [1.54, 1.807) is 11.3 Å². The molecule has 1 aliphatic heterocycles.